The summed E-state index contributed by atoms with van der Waals surface area (Å²) in [4.78, 5) is 16.1. The number of carbonyl (C=O) groups excluding carboxylic acids is 1. The van der Waals surface area contributed by atoms with E-state index in [4.69, 9.17) is 4.74 Å². The van der Waals surface area contributed by atoms with Crippen molar-refractivity contribution in [3.8, 4) is 0 Å². The molecule has 5 heteroatoms. The highest BCUT2D eigenvalue weighted by molar-refractivity contribution is 5.78. The standard InChI is InChI=1S/C13H24N2O3/c1-13(2)10-14(7-11(9-16)18-13)8-12(17)15-5-3-4-6-15/h11,16H,3-10H2,1-2H3. The zero-order valence-corrected chi connectivity index (χ0v) is 11.4. The van der Waals surface area contributed by atoms with Crippen LogP contribution in [0.2, 0.25) is 0 Å². The van der Waals surface area contributed by atoms with Crippen molar-refractivity contribution in [2.45, 2.75) is 38.4 Å². The van der Waals surface area contributed by atoms with E-state index in [9.17, 15) is 9.90 Å². The van der Waals surface area contributed by atoms with E-state index >= 15 is 0 Å². The van der Waals surface area contributed by atoms with Crippen LogP contribution in [-0.2, 0) is 9.53 Å². The fraction of sp³-hybridized carbons (Fsp3) is 0.923. The topological polar surface area (TPSA) is 53.0 Å². The fourth-order valence-corrected chi connectivity index (χ4v) is 2.89. The molecule has 1 atom stereocenters. The van der Waals surface area contributed by atoms with Crippen molar-refractivity contribution in [3.05, 3.63) is 0 Å². The molecule has 0 saturated carbocycles. The van der Waals surface area contributed by atoms with Crippen molar-refractivity contribution >= 4 is 5.91 Å². The van der Waals surface area contributed by atoms with Crippen LogP contribution < -0.4 is 0 Å². The quantitative estimate of drug-likeness (QED) is 0.777. The first kappa shape index (κ1) is 13.8. The predicted molar refractivity (Wildman–Crippen MR) is 68.3 cm³/mol. The first-order chi connectivity index (χ1) is 8.50. The number of carbonyl (C=O) groups is 1. The van der Waals surface area contributed by atoms with E-state index in [0.717, 1.165) is 32.5 Å². The summed E-state index contributed by atoms with van der Waals surface area (Å²) in [6.07, 6.45) is 2.07. The molecule has 0 aliphatic carbocycles. The number of hydrogen-bond acceptors (Lipinski definition) is 4. The largest absolute Gasteiger partial charge is 0.394 e. The Morgan fingerprint density at radius 1 is 1.39 bits per heavy atom. The SMILES string of the molecule is CC1(C)CN(CC(=O)N2CCCC2)CC(CO)O1. The number of rotatable bonds is 3. The van der Waals surface area contributed by atoms with Gasteiger partial charge in [0.05, 0.1) is 24.9 Å². The van der Waals surface area contributed by atoms with Crippen LogP contribution in [0.3, 0.4) is 0 Å². The van der Waals surface area contributed by atoms with Crippen molar-refractivity contribution in [2.24, 2.45) is 0 Å². The average Bonchev–Trinajstić information content (AvgIpc) is 2.80. The highest BCUT2D eigenvalue weighted by atomic mass is 16.5. The van der Waals surface area contributed by atoms with Gasteiger partial charge in [0, 0.05) is 26.2 Å². The van der Waals surface area contributed by atoms with E-state index in [1.54, 1.807) is 0 Å². The molecule has 2 fully saturated rings. The molecule has 2 aliphatic rings. The van der Waals surface area contributed by atoms with Crippen LogP contribution in [0.1, 0.15) is 26.7 Å². The number of morpholine rings is 1. The second-order valence-electron chi connectivity index (χ2n) is 5.94. The molecule has 0 bridgehead atoms. The maximum atomic E-state index is 12.1. The third kappa shape index (κ3) is 3.43. The predicted octanol–water partition coefficient (Wildman–Crippen LogP) is 0.0805. The maximum absolute atomic E-state index is 12.1. The van der Waals surface area contributed by atoms with Crippen LogP contribution in [-0.4, -0.2) is 71.8 Å². The summed E-state index contributed by atoms with van der Waals surface area (Å²) >= 11 is 0. The van der Waals surface area contributed by atoms with Gasteiger partial charge in [0.15, 0.2) is 0 Å². The summed E-state index contributed by atoms with van der Waals surface area (Å²) in [6, 6.07) is 0. The minimum absolute atomic E-state index is 0.0117. The van der Waals surface area contributed by atoms with Crippen LogP contribution in [0.15, 0.2) is 0 Å². The molecule has 2 saturated heterocycles. The number of amides is 1. The van der Waals surface area contributed by atoms with Crippen LogP contribution in [0.5, 0.6) is 0 Å². The third-order valence-electron chi connectivity index (χ3n) is 3.57. The molecule has 0 aromatic rings. The fourth-order valence-electron chi connectivity index (χ4n) is 2.89. The minimum atomic E-state index is -0.295. The van der Waals surface area contributed by atoms with Crippen molar-refractivity contribution in [2.75, 3.05) is 39.3 Å². The molecular weight excluding hydrogens is 232 g/mol. The molecule has 0 spiro atoms. The Balaban J connectivity index is 1.89. The van der Waals surface area contributed by atoms with Crippen LogP contribution in [0, 0.1) is 0 Å². The summed E-state index contributed by atoms with van der Waals surface area (Å²) in [5.41, 5.74) is -0.295. The monoisotopic (exact) mass is 256 g/mol. The first-order valence-corrected chi connectivity index (χ1v) is 6.79. The Morgan fingerprint density at radius 3 is 2.67 bits per heavy atom. The van der Waals surface area contributed by atoms with Crippen molar-refractivity contribution in [3.63, 3.8) is 0 Å². The van der Waals surface area contributed by atoms with Gasteiger partial charge in [-0.1, -0.05) is 0 Å². The summed E-state index contributed by atoms with van der Waals surface area (Å²) in [7, 11) is 0. The molecule has 2 heterocycles. The Hall–Kier alpha value is -0.650. The van der Waals surface area contributed by atoms with Gasteiger partial charge in [0.2, 0.25) is 5.91 Å². The average molecular weight is 256 g/mol. The number of nitrogens with zero attached hydrogens (tertiary/aromatic N) is 2. The van der Waals surface area contributed by atoms with Gasteiger partial charge in [-0.2, -0.15) is 0 Å². The molecule has 2 rings (SSSR count). The Labute approximate surface area is 109 Å². The van der Waals surface area contributed by atoms with Gasteiger partial charge in [-0.3, -0.25) is 9.69 Å². The molecule has 104 valence electrons. The third-order valence-corrected chi connectivity index (χ3v) is 3.57. The molecule has 0 aromatic carbocycles. The van der Waals surface area contributed by atoms with Gasteiger partial charge in [-0.05, 0) is 26.7 Å². The summed E-state index contributed by atoms with van der Waals surface area (Å²) in [6.45, 7) is 7.64. The second-order valence-corrected chi connectivity index (χ2v) is 5.94. The van der Waals surface area contributed by atoms with Gasteiger partial charge in [-0.25, -0.2) is 0 Å². The number of hydrogen-bond donors (Lipinski definition) is 1. The zero-order chi connectivity index (χ0) is 13.2. The maximum Gasteiger partial charge on any atom is 0.236 e. The molecule has 5 nitrogen and oxygen atoms in total. The normalized spacial score (nSPS) is 28.6. The van der Waals surface area contributed by atoms with E-state index in [0.29, 0.717) is 13.1 Å². The Bertz CT molecular complexity index is 301. The molecule has 1 unspecified atom stereocenters. The molecule has 2 aliphatic heterocycles. The number of aliphatic hydroxyl groups excluding tert-OH is 1. The highest BCUT2D eigenvalue weighted by Crippen LogP contribution is 2.21. The lowest BCUT2D eigenvalue weighted by atomic mass is 10.1. The van der Waals surface area contributed by atoms with Crippen molar-refractivity contribution in [1.29, 1.82) is 0 Å². The minimum Gasteiger partial charge on any atom is -0.394 e. The van der Waals surface area contributed by atoms with Crippen LogP contribution in [0.4, 0.5) is 0 Å². The second kappa shape index (κ2) is 5.55. The summed E-state index contributed by atoms with van der Waals surface area (Å²) in [5, 5.41) is 9.24. The first-order valence-electron chi connectivity index (χ1n) is 6.79. The lowest BCUT2D eigenvalue weighted by Gasteiger charge is -2.42. The van der Waals surface area contributed by atoms with Crippen molar-refractivity contribution < 1.29 is 14.6 Å². The summed E-state index contributed by atoms with van der Waals surface area (Å²) < 4.78 is 5.74. The Kier molecular flexibility index (Phi) is 4.25. The highest BCUT2D eigenvalue weighted by Gasteiger charge is 2.34. The number of likely N-dealkylation sites (tertiary alicyclic amines) is 1. The van der Waals surface area contributed by atoms with Gasteiger partial charge >= 0.3 is 0 Å². The molecule has 18 heavy (non-hydrogen) atoms. The van der Waals surface area contributed by atoms with E-state index in [1.165, 1.54) is 0 Å². The number of aliphatic hydroxyl groups is 1. The summed E-state index contributed by atoms with van der Waals surface area (Å²) in [5.74, 6) is 0.210. The van der Waals surface area contributed by atoms with E-state index in [-0.39, 0.29) is 24.2 Å². The Morgan fingerprint density at radius 2 is 2.06 bits per heavy atom. The number of ether oxygens (including phenoxy) is 1. The smallest absolute Gasteiger partial charge is 0.236 e. The van der Waals surface area contributed by atoms with E-state index in [2.05, 4.69) is 4.90 Å². The van der Waals surface area contributed by atoms with Gasteiger partial charge < -0.3 is 14.7 Å². The van der Waals surface area contributed by atoms with Gasteiger partial charge in [0.25, 0.3) is 0 Å². The van der Waals surface area contributed by atoms with Crippen LogP contribution in [0.25, 0.3) is 0 Å². The van der Waals surface area contributed by atoms with Crippen molar-refractivity contribution in [1.82, 2.24) is 9.80 Å². The molecular formula is C13H24N2O3. The van der Waals surface area contributed by atoms with E-state index in [1.807, 2.05) is 18.7 Å². The molecule has 1 N–H and O–H groups in total. The lowest BCUT2D eigenvalue weighted by Crippen LogP contribution is -2.55. The van der Waals surface area contributed by atoms with E-state index < -0.39 is 0 Å². The van der Waals surface area contributed by atoms with Gasteiger partial charge in [0.1, 0.15) is 0 Å². The molecule has 0 aromatic heterocycles. The van der Waals surface area contributed by atoms with Crippen LogP contribution >= 0.6 is 0 Å². The lowest BCUT2D eigenvalue weighted by molar-refractivity contribution is -0.156. The van der Waals surface area contributed by atoms with Gasteiger partial charge in [-0.15, -0.1) is 0 Å². The zero-order valence-electron chi connectivity index (χ0n) is 11.4. The molecule has 0 radical (unpaired) electrons. The molecule has 1 amide bonds.